The van der Waals surface area contributed by atoms with E-state index in [0.29, 0.717) is 0 Å². The van der Waals surface area contributed by atoms with Crippen LogP contribution in [0.1, 0.15) is 25.0 Å². The molecule has 3 nitrogen and oxygen atoms in total. The molecule has 1 aromatic carbocycles. The summed E-state index contributed by atoms with van der Waals surface area (Å²) >= 11 is 0. The fraction of sp³-hybridized carbons (Fsp3) is 0.600. The van der Waals surface area contributed by atoms with Crippen LogP contribution in [-0.2, 0) is 13.0 Å². The maximum atomic E-state index is 5.35. The number of benzene rings is 1. The van der Waals surface area contributed by atoms with E-state index in [0.717, 1.165) is 38.3 Å². The van der Waals surface area contributed by atoms with Gasteiger partial charge >= 0.3 is 0 Å². The van der Waals surface area contributed by atoms with E-state index in [-0.39, 0.29) is 0 Å². The van der Waals surface area contributed by atoms with Gasteiger partial charge in [-0.15, -0.1) is 0 Å². The van der Waals surface area contributed by atoms with Crippen molar-refractivity contribution < 1.29 is 4.74 Å². The van der Waals surface area contributed by atoms with E-state index in [4.69, 9.17) is 4.74 Å². The summed E-state index contributed by atoms with van der Waals surface area (Å²) in [5, 5.41) is 3.34. The van der Waals surface area contributed by atoms with Gasteiger partial charge in [-0.1, -0.05) is 26.0 Å². The van der Waals surface area contributed by atoms with Crippen molar-refractivity contribution in [3.8, 4) is 5.75 Å². The largest absolute Gasteiger partial charge is 0.496 e. The van der Waals surface area contributed by atoms with Gasteiger partial charge in [-0.3, -0.25) is 0 Å². The summed E-state index contributed by atoms with van der Waals surface area (Å²) in [6.45, 7) is 8.44. The molecule has 0 aromatic heterocycles. The minimum atomic E-state index is 0.988. The zero-order valence-corrected chi connectivity index (χ0v) is 12.1. The van der Waals surface area contributed by atoms with Gasteiger partial charge in [0.05, 0.1) is 7.11 Å². The zero-order valence-electron chi connectivity index (χ0n) is 12.1. The molecule has 3 heteroatoms. The standard InChI is InChI=1S/C15H26N2O/c1-5-14-11-13(7-8-15(14)18-4)12-17(3)10-9-16-6-2/h7-8,11,16H,5-6,9-10,12H2,1-4H3. The SMILES string of the molecule is CCNCCN(C)Cc1ccc(OC)c(CC)c1. The number of rotatable bonds is 8. The molecule has 0 amide bonds. The average Bonchev–Trinajstić information content (AvgIpc) is 2.39. The number of ether oxygens (including phenoxy) is 1. The van der Waals surface area contributed by atoms with Gasteiger partial charge in [0.25, 0.3) is 0 Å². The lowest BCUT2D eigenvalue weighted by atomic mass is 10.1. The maximum absolute atomic E-state index is 5.35. The Morgan fingerprint density at radius 3 is 2.67 bits per heavy atom. The zero-order chi connectivity index (χ0) is 13.4. The Labute approximate surface area is 111 Å². The highest BCUT2D eigenvalue weighted by atomic mass is 16.5. The molecule has 0 aliphatic carbocycles. The molecule has 0 saturated heterocycles. The number of aryl methyl sites for hydroxylation is 1. The second-order valence-electron chi connectivity index (χ2n) is 4.59. The summed E-state index contributed by atoms with van der Waals surface area (Å²) in [4.78, 5) is 2.34. The smallest absolute Gasteiger partial charge is 0.122 e. The van der Waals surface area contributed by atoms with E-state index in [1.807, 2.05) is 0 Å². The Bertz CT molecular complexity index is 352. The molecular weight excluding hydrogens is 224 g/mol. The molecule has 0 aliphatic heterocycles. The maximum Gasteiger partial charge on any atom is 0.122 e. The summed E-state index contributed by atoms with van der Waals surface area (Å²) < 4.78 is 5.35. The third-order valence-electron chi connectivity index (χ3n) is 3.10. The summed E-state index contributed by atoms with van der Waals surface area (Å²) in [6.07, 6.45) is 1.01. The van der Waals surface area contributed by atoms with Crippen molar-refractivity contribution in [1.29, 1.82) is 0 Å². The summed E-state index contributed by atoms with van der Waals surface area (Å²) in [6, 6.07) is 6.48. The third-order valence-corrected chi connectivity index (χ3v) is 3.10. The van der Waals surface area contributed by atoms with Crippen LogP contribution in [0.3, 0.4) is 0 Å². The minimum Gasteiger partial charge on any atom is -0.496 e. The fourth-order valence-electron chi connectivity index (χ4n) is 2.04. The molecule has 0 atom stereocenters. The van der Waals surface area contributed by atoms with E-state index in [1.54, 1.807) is 7.11 Å². The van der Waals surface area contributed by atoms with Gasteiger partial charge in [0.2, 0.25) is 0 Å². The summed E-state index contributed by atoms with van der Waals surface area (Å²) in [7, 11) is 3.89. The molecule has 102 valence electrons. The molecule has 0 bridgehead atoms. The van der Waals surface area contributed by atoms with Crippen molar-refractivity contribution in [2.75, 3.05) is 33.8 Å². The van der Waals surface area contributed by atoms with Crippen LogP contribution in [0.2, 0.25) is 0 Å². The van der Waals surface area contributed by atoms with Gasteiger partial charge < -0.3 is 15.0 Å². The van der Waals surface area contributed by atoms with E-state index in [2.05, 4.69) is 49.3 Å². The molecule has 0 unspecified atom stereocenters. The molecule has 1 rings (SSSR count). The fourth-order valence-corrected chi connectivity index (χ4v) is 2.04. The van der Waals surface area contributed by atoms with Gasteiger partial charge in [0.15, 0.2) is 0 Å². The van der Waals surface area contributed by atoms with E-state index >= 15 is 0 Å². The normalized spacial score (nSPS) is 10.9. The first kappa shape index (κ1) is 15.0. The first-order valence-electron chi connectivity index (χ1n) is 6.76. The van der Waals surface area contributed by atoms with Gasteiger partial charge in [0, 0.05) is 19.6 Å². The van der Waals surface area contributed by atoms with Gasteiger partial charge in [-0.05, 0) is 37.2 Å². The highest BCUT2D eigenvalue weighted by Crippen LogP contribution is 2.20. The molecule has 18 heavy (non-hydrogen) atoms. The first-order valence-corrected chi connectivity index (χ1v) is 6.76. The Morgan fingerprint density at radius 1 is 1.28 bits per heavy atom. The Hall–Kier alpha value is -1.06. The molecular formula is C15H26N2O. The molecule has 1 N–H and O–H groups in total. The number of methoxy groups -OCH3 is 1. The van der Waals surface area contributed by atoms with Gasteiger partial charge in [-0.25, -0.2) is 0 Å². The molecule has 1 aromatic rings. The highest BCUT2D eigenvalue weighted by Gasteiger charge is 2.04. The predicted octanol–water partition coefficient (Wildman–Crippen LogP) is 2.30. The Morgan fingerprint density at radius 2 is 2.06 bits per heavy atom. The van der Waals surface area contributed by atoms with E-state index < -0.39 is 0 Å². The van der Waals surface area contributed by atoms with Crippen LogP contribution in [0.15, 0.2) is 18.2 Å². The summed E-state index contributed by atoms with van der Waals surface area (Å²) in [5.74, 6) is 0.997. The van der Waals surface area contributed by atoms with Gasteiger partial charge in [-0.2, -0.15) is 0 Å². The lowest BCUT2D eigenvalue weighted by Crippen LogP contribution is -2.28. The van der Waals surface area contributed by atoms with Crippen LogP contribution in [0.5, 0.6) is 5.75 Å². The number of hydrogen-bond donors (Lipinski definition) is 1. The Balaban J connectivity index is 2.56. The van der Waals surface area contributed by atoms with Crippen molar-refractivity contribution in [3.05, 3.63) is 29.3 Å². The van der Waals surface area contributed by atoms with Gasteiger partial charge in [0.1, 0.15) is 5.75 Å². The van der Waals surface area contributed by atoms with Crippen LogP contribution in [0, 0.1) is 0 Å². The first-order chi connectivity index (χ1) is 8.71. The van der Waals surface area contributed by atoms with Crippen LogP contribution < -0.4 is 10.1 Å². The Kier molecular flexibility index (Phi) is 6.76. The number of hydrogen-bond acceptors (Lipinski definition) is 3. The van der Waals surface area contributed by atoms with Crippen molar-refractivity contribution in [2.45, 2.75) is 26.8 Å². The monoisotopic (exact) mass is 250 g/mol. The number of likely N-dealkylation sites (N-methyl/N-ethyl adjacent to an activating group) is 2. The number of nitrogens with zero attached hydrogens (tertiary/aromatic N) is 1. The highest BCUT2D eigenvalue weighted by molar-refractivity contribution is 5.37. The molecule has 0 aliphatic rings. The van der Waals surface area contributed by atoms with Crippen LogP contribution in [-0.4, -0.2) is 38.7 Å². The molecule has 0 saturated carbocycles. The molecule has 0 fully saturated rings. The summed E-state index contributed by atoms with van der Waals surface area (Å²) in [5.41, 5.74) is 2.64. The quantitative estimate of drug-likeness (QED) is 0.717. The second kappa shape index (κ2) is 8.11. The van der Waals surface area contributed by atoms with E-state index in [1.165, 1.54) is 11.1 Å². The molecule has 0 heterocycles. The van der Waals surface area contributed by atoms with Crippen LogP contribution in [0.4, 0.5) is 0 Å². The lowest BCUT2D eigenvalue weighted by Gasteiger charge is -2.18. The van der Waals surface area contributed by atoms with Crippen molar-refractivity contribution in [3.63, 3.8) is 0 Å². The van der Waals surface area contributed by atoms with Crippen LogP contribution >= 0.6 is 0 Å². The second-order valence-corrected chi connectivity index (χ2v) is 4.59. The minimum absolute atomic E-state index is 0.988. The van der Waals surface area contributed by atoms with Crippen LogP contribution in [0.25, 0.3) is 0 Å². The number of nitrogens with one attached hydrogen (secondary N) is 1. The predicted molar refractivity (Wildman–Crippen MR) is 77.2 cm³/mol. The molecule has 0 radical (unpaired) electrons. The lowest BCUT2D eigenvalue weighted by molar-refractivity contribution is 0.325. The van der Waals surface area contributed by atoms with Crippen molar-refractivity contribution in [1.82, 2.24) is 10.2 Å². The van der Waals surface area contributed by atoms with E-state index in [9.17, 15) is 0 Å². The third kappa shape index (κ3) is 4.67. The van der Waals surface area contributed by atoms with Crippen molar-refractivity contribution in [2.24, 2.45) is 0 Å². The average molecular weight is 250 g/mol. The molecule has 0 spiro atoms. The topological polar surface area (TPSA) is 24.5 Å². The van der Waals surface area contributed by atoms with Crippen molar-refractivity contribution >= 4 is 0 Å².